The maximum absolute atomic E-state index is 13.0. The lowest BCUT2D eigenvalue weighted by Crippen LogP contribution is -2.50. The van der Waals surface area contributed by atoms with E-state index < -0.39 is 23.7 Å². The summed E-state index contributed by atoms with van der Waals surface area (Å²) in [5.74, 6) is -0.0672. The van der Waals surface area contributed by atoms with Gasteiger partial charge in [-0.3, -0.25) is 9.69 Å². The lowest BCUT2D eigenvalue weighted by molar-refractivity contribution is -0.135. The van der Waals surface area contributed by atoms with E-state index in [0.717, 1.165) is 19.3 Å². The highest BCUT2D eigenvalue weighted by atomic mass is 16.6. The molecule has 0 aromatic heterocycles. The van der Waals surface area contributed by atoms with E-state index in [-0.39, 0.29) is 11.7 Å². The van der Waals surface area contributed by atoms with Crippen LogP contribution in [0, 0.1) is 11.8 Å². The molecule has 154 valence electrons. The second-order valence-corrected chi connectivity index (χ2v) is 8.63. The molecule has 6 heteroatoms. The summed E-state index contributed by atoms with van der Waals surface area (Å²) in [6.45, 7) is 10.2. The number of carbonyl (C=O) groups excluding carboxylic acids is 3. The van der Waals surface area contributed by atoms with Crippen LogP contribution in [0.15, 0.2) is 12.2 Å². The summed E-state index contributed by atoms with van der Waals surface area (Å²) in [5.41, 5.74) is -0.592. The molecule has 1 amide bonds. The minimum atomic E-state index is -0.592. The van der Waals surface area contributed by atoms with E-state index >= 15 is 0 Å². The van der Waals surface area contributed by atoms with Crippen molar-refractivity contribution in [1.82, 2.24) is 4.90 Å². The smallest absolute Gasteiger partial charge is 0.410 e. The largest absolute Gasteiger partial charge is 0.466 e. The molecule has 0 unspecified atom stereocenters. The van der Waals surface area contributed by atoms with Crippen molar-refractivity contribution in [3.05, 3.63) is 12.2 Å². The predicted octanol–water partition coefficient (Wildman–Crippen LogP) is 4.13. The van der Waals surface area contributed by atoms with Gasteiger partial charge in [-0.25, -0.2) is 9.59 Å². The van der Waals surface area contributed by atoms with Gasteiger partial charge in [0.25, 0.3) is 0 Å². The SMILES string of the molecule is COC(=O)/C=C/[C@@H](CC(=O)[C@@H]1CCCCN1C(=O)OC(C)(C)C)CC(C)C. The van der Waals surface area contributed by atoms with Gasteiger partial charge in [-0.2, -0.15) is 0 Å². The quantitative estimate of drug-likeness (QED) is 0.490. The van der Waals surface area contributed by atoms with E-state index in [2.05, 4.69) is 18.6 Å². The average Bonchev–Trinajstić information content (AvgIpc) is 2.57. The highest BCUT2D eigenvalue weighted by molar-refractivity contribution is 5.88. The summed E-state index contributed by atoms with van der Waals surface area (Å²) in [5, 5.41) is 0. The van der Waals surface area contributed by atoms with Crippen molar-refractivity contribution in [2.24, 2.45) is 11.8 Å². The number of ether oxygens (including phenoxy) is 2. The summed E-state index contributed by atoms with van der Waals surface area (Å²) in [7, 11) is 1.33. The Hall–Kier alpha value is -1.85. The second kappa shape index (κ2) is 10.5. The number of carbonyl (C=O) groups is 3. The van der Waals surface area contributed by atoms with Crippen LogP contribution in [0.25, 0.3) is 0 Å². The van der Waals surface area contributed by atoms with Crippen LogP contribution in [0.3, 0.4) is 0 Å². The summed E-state index contributed by atoms with van der Waals surface area (Å²) in [4.78, 5) is 38.5. The number of rotatable bonds is 7. The maximum Gasteiger partial charge on any atom is 0.410 e. The number of Topliss-reactive ketones (excluding diaryl/α,β-unsaturated/α-hetero) is 1. The summed E-state index contributed by atoms with van der Waals surface area (Å²) in [6, 6.07) is -0.449. The van der Waals surface area contributed by atoms with E-state index in [1.807, 2.05) is 20.8 Å². The molecule has 0 bridgehead atoms. The highest BCUT2D eigenvalue weighted by Crippen LogP contribution is 2.25. The molecule has 0 N–H and O–H groups in total. The maximum atomic E-state index is 13.0. The molecular weight excluding hydrogens is 346 g/mol. The van der Waals surface area contributed by atoms with E-state index in [4.69, 9.17) is 4.74 Å². The van der Waals surface area contributed by atoms with Gasteiger partial charge in [0.05, 0.1) is 13.2 Å². The zero-order valence-electron chi connectivity index (χ0n) is 17.6. The Morgan fingerprint density at radius 1 is 1.19 bits per heavy atom. The Labute approximate surface area is 163 Å². The van der Waals surface area contributed by atoms with Crippen molar-refractivity contribution in [2.45, 2.75) is 78.4 Å². The van der Waals surface area contributed by atoms with Crippen LogP contribution in [0.2, 0.25) is 0 Å². The summed E-state index contributed by atoms with van der Waals surface area (Å²) < 4.78 is 10.1. The third kappa shape index (κ3) is 8.59. The van der Waals surface area contributed by atoms with Gasteiger partial charge in [-0.05, 0) is 58.3 Å². The minimum Gasteiger partial charge on any atom is -0.466 e. The fourth-order valence-electron chi connectivity index (χ4n) is 3.32. The number of ketones is 1. The Morgan fingerprint density at radius 3 is 2.41 bits per heavy atom. The molecule has 1 rings (SSSR count). The molecule has 0 aromatic rings. The first kappa shape index (κ1) is 23.2. The van der Waals surface area contributed by atoms with Gasteiger partial charge < -0.3 is 9.47 Å². The molecule has 0 spiro atoms. The first-order valence-electron chi connectivity index (χ1n) is 9.82. The molecule has 1 aliphatic rings. The third-order valence-corrected chi connectivity index (χ3v) is 4.45. The van der Waals surface area contributed by atoms with Gasteiger partial charge >= 0.3 is 12.1 Å². The zero-order valence-corrected chi connectivity index (χ0v) is 17.6. The summed E-state index contributed by atoms with van der Waals surface area (Å²) >= 11 is 0. The van der Waals surface area contributed by atoms with E-state index in [1.54, 1.807) is 11.0 Å². The number of methoxy groups -OCH3 is 1. The Balaban J connectivity index is 2.85. The minimum absolute atomic E-state index is 0.0284. The molecule has 0 aromatic carbocycles. The fraction of sp³-hybridized carbons (Fsp3) is 0.762. The molecule has 1 fully saturated rings. The van der Waals surface area contributed by atoms with Crippen LogP contribution in [0.5, 0.6) is 0 Å². The zero-order chi connectivity index (χ0) is 20.6. The first-order chi connectivity index (χ1) is 12.5. The number of allylic oxidation sites excluding steroid dienone is 1. The van der Waals surface area contributed by atoms with Gasteiger partial charge in [0, 0.05) is 19.0 Å². The Kier molecular flexibility index (Phi) is 9.00. The molecule has 27 heavy (non-hydrogen) atoms. The van der Waals surface area contributed by atoms with Gasteiger partial charge in [0.1, 0.15) is 5.60 Å². The number of esters is 1. The van der Waals surface area contributed by atoms with Crippen LogP contribution in [-0.4, -0.2) is 48.0 Å². The van der Waals surface area contributed by atoms with Gasteiger partial charge in [0.15, 0.2) is 5.78 Å². The average molecular weight is 382 g/mol. The van der Waals surface area contributed by atoms with Crippen molar-refractivity contribution in [1.29, 1.82) is 0 Å². The molecule has 1 heterocycles. The van der Waals surface area contributed by atoms with Gasteiger partial charge in [-0.15, -0.1) is 0 Å². The van der Waals surface area contributed by atoms with Crippen molar-refractivity contribution in [2.75, 3.05) is 13.7 Å². The van der Waals surface area contributed by atoms with Gasteiger partial charge in [0.2, 0.25) is 0 Å². The number of amides is 1. The molecule has 1 aliphatic heterocycles. The topological polar surface area (TPSA) is 72.9 Å². The number of piperidine rings is 1. The normalized spacial score (nSPS) is 19.2. The van der Waals surface area contributed by atoms with Crippen molar-refractivity contribution >= 4 is 17.8 Å². The number of nitrogens with zero attached hydrogens (tertiary/aromatic N) is 1. The third-order valence-electron chi connectivity index (χ3n) is 4.45. The van der Waals surface area contributed by atoms with Crippen LogP contribution < -0.4 is 0 Å². The van der Waals surface area contributed by atoms with Crippen molar-refractivity contribution in [3.8, 4) is 0 Å². The van der Waals surface area contributed by atoms with Crippen LogP contribution in [0.4, 0.5) is 4.79 Å². The van der Waals surface area contributed by atoms with E-state index in [0.29, 0.717) is 25.3 Å². The molecule has 2 atom stereocenters. The lowest BCUT2D eigenvalue weighted by atomic mass is 9.88. The lowest BCUT2D eigenvalue weighted by Gasteiger charge is -2.36. The van der Waals surface area contributed by atoms with Gasteiger partial charge in [-0.1, -0.05) is 19.9 Å². The van der Waals surface area contributed by atoms with Crippen LogP contribution >= 0.6 is 0 Å². The van der Waals surface area contributed by atoms with Crippen LogP contribution in [0.1, 0.15) is 66.7 Å². The summed E-state index contributed by atoms with van der Waals surface area (Å²) in [6.07, 6.45) is 6.26. The second-order valence-electron chi connectivity index (χ2n) is 8.63. The molecule has 0 saturated carbocycles. The Bertz CT molecular complexity index is 547. The fourth-order valence-corrected chi connectivity index (χ4v) is 3.32. The number of likely N-dealkylation sites (tertiary alicyclic amines) is 1. The molecule has 0 radical (unpaired) electrons. The first-order valence-corrected chi connectivity index (χ1v) is 9.82. The molecular formula is C21H35NO5. The Morgan fingerprint density at radius 2 is 1.85 bits per heavy atom. The van der Waals surface area contributed by atoms with Crippen LogP contribution in [-0.2, 0) is 19.1 Å². The number of hydrogen-bond acceptors (Lipinski definition) is 5. The molecule has 1 saturated heterocycles. The molecule has 0 aliphatic carbocycles. The monoisotopic (exact) mass is 381 g/mol. The standard InChI is InChI=1S/C21H35NO5/c1-15(2)13-16(10-11-19(24)26-6)14-18(23)17-9-7-8-12-22(17)20(25)27-21(3,4)5/h10-11,15-17H,7-9,12-14H2,1-6H3/b11-10+/t16-,17+/m1/s1. The van der Waals surface area contributed by atoms with E-state index in [9.17, 15) is 14.4 Å². The van der Waals surface area contributed by atoms with Crippen molar-refractivity contribution < 1.29 is 23.9 Å². The number of hydrogen-bond donors (Lipinski definition) is 0. The van der Waals surface area contributed by atoms with Crippen molar-refractivity contribution in [3.63, 3.8) is 0 Å². The predicted molar refractivity (Wildman–Crippen MR) is 104 cm³/mol. The molecule has 6 nitrogen and oxygen atoms in total. The van der Waals surface area contributed by atoms with E-state index in [1.165, 1.54) is 13.2 Å². The highest BCUT2D eigenvalue weighted by Gasteiger charge is 2.35.